The fourth-order valence-corrected chi connectivity index (χ4v) is 5.04. The number of hydrogen-bond acceptors (Lipinski definition) is 8. The number of nitrogens with two attached hydrogens (primary N) is 1. The summed E-state index contributed by atoms with van der Waals surface area (Å²) in [4.78, 5) is 21.8. The molecule has 0 radical (unpaired) electrons. The summed E-state index contributed by atoms with van der Waals surface area (Å²) in [6.45, 7) is 1.82. The largest absolute Gasteiger partial charge is 0.398 e. The summed E-state index contributed by atoms with van der Waals surface area (Å²) >= 11 is 0. The lowest BCUT2D eigenvalue weighted by Crippen LogP contribution is -2.06. The Morgan fingerprint density at radius 2 is 1.81 bits per heavy atom. The quantitative estimate of drug-likeness (QED) is 0.334. The Labute approximate surface area is 212 Å². The molecule has 3 N–H and O–H groups in total. The zero-order valence-corrected chi connectivity index (χ0v) is 20.9. The maximum atomic E-state index is 11.8. The summed E-state index contributed by atoms with van der Waals surface area (Å²) in [6, 6.07) is 14.6. The van der Waals surface area contributed by atoms with E-state index in [1.54, 1.807) is 35.5 Å². The number of hydrogen-bond donors (Lipinski definition) is 2. The first-order chi connectivity index (χ1) is 17.8. The minimum atomic E-state index is -3.26. The molecule has 0 unspecified atom stereocenters. The lowest BCUT2D eigenvalue weighted by Gasteiger charge is -2.13. The number of aryl methyl sites for hydroxylation is 1. The minimum absolute atomic E-state index is 0.286. The van der Waals surface area contributed by atoms with E-state index in [1.807, 2.05) is 43.3 Å². The molecule has 4 aromatic heterocycles. The summed E-state index contributed by atoms with van der Waals surface area (Å²) in [5.74, 6) is 1.17. The Bertz CT molecular complexity index is 1910. The summed E-state index contributed by atoms with van der Waals surface area (Å²) in [6.07, 6.45) is 6.86. The molecule has 184 valence electrons. The molecule has 0 aliphatic heterocycles. The van der Waals surface area contributed by atoms with E-state index >= 15 is 0 Å². The van der Waals surface area contributed by atoms with Gasteiger partial charge < -0.3 is 10.7 Å². The summed E-state index contributed by atoms with van der Waals surface area (Å²) in [5.41, 5.74) is 12.2. The molecular weight excluding hydrogens is 488 g/mol. The molecule has 0 saturated carbocycles. The standard InChI is InChI=1S/C26H22N8O2S/c1-15-32-23(24-25(33-15)30-14-29-24)19-11-17(10-16-6-8-18(9-7-16)37(2,35)36)12-28-26(19)34-22-5-3-4-21(27)20(22)13-31-34/h3-9,11-14H,10,27H2,1-2H3,(H,29,30,32,33). The molecular formula is C26H22N8O2S. The second-order valence-electron chi connectivity index (χ2n) is 8.86. The van der Waals surface area contributed by atoms with Gasteiger partial charge in [0.05, 0.1) is 22.9 Å². The van der Waals surface area contributed by atoms with Crippen molar-refractivity contribution < 1.29 is 8.42 Å². The van der Waals surface area contributed by atoms with Crippen molar-refractivity contribution in [1.82, 2.24) is 34.7 Å². The molecule has 0 spiro atoms. The van der Waals surface area contributed by atoms with Gasteiger partial charge in [-0.05, 0) is 54.8 Å². The Hall–Kier alpha value is -4.64. The van der Waals surface area contributed by atoms with Crippen molar-refractivity contribution in [2.75, 3.05) is 12.0 Å². The van der Waals surface area contributed by atoms with Crippen LogP contribution in [0.3, 0.4) is 0 Å². The van der Waals surface area contributed by atoms with Crippen molar-refractivity contribution in [3.8, 4) is 17.1 Å². The second kappa shape index (κ2) is 8.49. The number of aromatic nitrogens is 7. The van der Waals surface area contributed by atoms with E-state index < -0.39 is 9.84 Å². The number of fused-ring (bicyclic) bond motifs is 2. The molecule has 0 saturated heterocycles. The molecule has 0 bridgehead atoms. The van der Waals surface area contributed by atoms with Gasteiger partial charge in [-0.2, -0.15) is 5.10 Å². The van der Waals surface area contributed by atoms with Crippen molar-refractivity contribution in [3.05, 3.63) is 84.2 Å². The van der Waals surface area contributed by atoms with Crippen molar-refractivity contribution in [1.29, 1.82) is 0 Å². The Balaban J connectivity index is 1.53. The molecule has 4 heterocycles. The number of anilines is 1. The second-order valence-corrected chi connectivity index (χ2v) is 10.9. The molecule has 0 aliphatic rings. The highest BCUT2D eigenvalue weighted by molar-refractivity contribution is 7.90. The SMILES string of the molecule is Cc1nc(-c2cc(Cc3ccc(S(C)(=O)=O)cc3)cnc2-n2ncc3c(N)cccc32)c2[nH]cnc2n1. The highest BCUT2D eigenvalue weighted by Crippen LogP contribution is 2.32. The number of benzene rings is 2. The average molecular weight is 511 g/mol. The fourth-order valence-electron chi connectivity index (χ4n) is 4.41. The van der Waals surface area contributed by atoms with Crippen LogP contribution in [-0.4, -0.2) is 49.4 Å². The van der Waals surface area contributed by atoms with Crippen molar-refractivity contribution >= 4 is 37.6 Å². The van der Waals surface area contributed by atoms with E-state index in [0.717, 1.165) is 27.6 Å². The number of H-pyrrole nitrogens is 1. The Morgan fingerprint density at radius 1 is 1.00 bits per heavy atom. The number of pyridine rings is 1. The molecule has 2 aromatic carbocycles. The number of nitrogens with zero attached hydrogens (tertiary/aromatic N) is 6. The van der Waals surface area contributed by atoms with Crippen molar-refractivity contribution in [2.24, 2.45) is 0 Å². The van der Waals surface area contributed by atoms with E-state index in [9.17, 15) is 8.42 Å². The van der Waals surface area contributed by atoms with Crippen LogP contribution in [-0.2, 0) is 16.3 Å². The van der Waals surface area contributed by atoms with Crippen LogP contribution in [0.1, 0.15) is 17.0 Å². The molecule has 6 aromatic rings. The van der Waals surface area contributed by atoms with Gasteiger partial charge in [0.15, 0.2) is 21.3 Å². The summed E-state index contributed by atoms with van der Waals surface area (Å²) < 4.78 is 25.4. The van der Waals surface area contributed by atoms with Gasteiger partial charge in [0.2, 0.25) is 0 Å². The van der Waals surface area contributed by atoms with Crippen LogP contribution in [0.25, 0.3) is 39.1 Å². The summed E-state index contributed by atoms with van der Waals surface area (Å²) in [5, 5.41) is 5.43. The van der Waals surface area contributed by atoms with Gasteiger partial charge in [0, 0.05) is 29.1 Å². The lowest BCUT2D eigenvalue weighted by molar-refractivity contribution is 0.602. The number of nitrogens with one attached hydrogen (secondary N) is 1. The normalized spacial score (nSPS) is 11.9. The third-order valence-electron chi connectivity index (χ3n) is 6.18. The average Bonchev–Trinajstić information content (AvgIpc) is 3.51. The minimum Gasteiger partial charge on any atom is -0.398 e. The lowest BCUT2D eigenvalue weighted by atomic mass is 10.0. The fraction of sp³-hybridized carbons (Fsp3) is 0.115. The van der Waals surface area contributed by atoms with Crippen LogP contribution in [0.5, 0.6) is 0 Å². The van der Waals surface area contributed by atoms with Gasteiger partial charge in [0.25, 0.3) is 0 Å². The summed E-state index contributed by atoms with van der Waals surface area (Å²) in [7, 11) is -3.26. The van der Waals surface area contributed by atoms with Crippen LogP contribution in [0.2, 0.25) is 0 Å². The van der Waals surface area contributed by atoms with E-state index in [0.29, 0.717) is 40.6 Å². The number of sulfone groups is 1. The molecule has 0 amide bonds. The van der Waals surface area contributed by atoms with Gasteiger partial charge in [-0.3, -0.25) is 0 Å². The van der Waals surface area contributed by atoms with Crippen LogP contribution in [0.4, 0.5) is 5.69 Å². The van der Waals surface area contributed by atoms with Crippen molar-refractivity contribution in [3.63, 3.8) is 0 Å². The molecule has 11 heteroatoms. The van der Waals surface area contributed by atoms with Gasteiger partial charge in [-0.15, -0.1) is 0 Å². The molecule has 0 atom stereocenters. The van der Waals surface area contributed by atoms with Crippen LogP contribution < -0.4 is 5.73 Å². The van der Waals surface area contributed by atoms with Gasteiger partial charge in [-0.1, -0.05) is 18.2 Å². The van der Waals surface area contributed by atoms with Gasteiger partial charge in [-0.25, -0.2) is 33.0 Å². The molecule has 10 nitrogen and oxygen atoms in total. The van der Waals surface area contributed by atoms with E-state index in [1.165, 1.54) is 6.26 Å². The number of imidazole rings is 1. The molecule has 0 aliphatic carbocycles. The van der Waals surface area contributed by atoms with Gasteiger partial charge in [0.1, 0.15) is 17.0 Å². The van der Waals surface area contributed by atoms with Crippen molar-refractivity contribution in [2.45, 2.75) is 18.2 Å². The number of nitrogen functional groups attached to an aromatic ring is 1. The first kappa shape index (κ1) is 22.8. The first-order valence-corrected chi connectivity index (χ1v) is 13.4. The maximum Gasteiger partial charge on any atom is 0.181 e. The third-order valence-corrected chi connectivity index (χ3v) is 7.31. The zero-order valence-electron chi connectivity index (χ0n) is 20.0. The molecule has 0 fully saturated rings. The number of aromatic amines is 1. The Morgan fingerprint density at radius 3 is 2.59 bits per heavy atom. The van der Waals surface area contributed by atoms with E-state index in [4.69, 9.17) is 15.7 Å². The molecule has 6 rings (SSSR count). The van der Waals surface area contributed by atoms with Gasteiger partial charge >= 0.3 is 0 Å². The van der Waals surface area contributed by atoms with Crippen LogP contribution in [0.15, 0.2) is 72.1 Å². The monoisotopic (exact) mass is 510 g/mol. The highest BCUT2D eigenvalue weighted by Gasteiger charge is 2.19. The number of rotatable bonds is 5. The zero-order chi connectivity index (χ0) is 25.7. The topological polar surface area (TPSA) is 145 Å². The Kier molecular flexibility index (Phi) is 5.23. The van der Waals surface area contributed by atoms with Crippen LogP contribution in [0, 0.1) is 6.92 Å². The highest BCUT2D eigenvalue weighted by atomic mass is 32.2. The maximum absolute atomic E-state index is 11.8. The predicted octanol–water partition coefficient (Wildman–Crippen LogP) is 3.64. The predicted molar refractivity (Wildman–Crippen MR) is 141 cm³/mol. The molecule has 37 heavy (non-hydrogen) atoms. The third kappa shape index (κ3) is 4.08. The van der Waals surface area contributed by atoms with Crippen LogP contribution >= 0.6 is 0 Å². The van der Waals surface area contributed by atoms with E-state index in [-0.39, 0.29) is 4.90 Å². The smallest absolute Gasteiger partial charge is 0.181 e. The van der Waals surface area contributed by atoms with E-state index in [2.05, 4.69) is 20.1 Å². The first-order valence-electron chi connectivity index (χ1n) is 11.5.